The minimum atomic E-state index is 0.714. The molecule has 0 atom stereocenters. The smallest absolute Gasteiger partial charge is 0.235 e. The Morgan fingerprint density at radius 3 is 2.19 bits per heavy atom. The van der Waals surface area contributed by atoms with Crippen LogP contribution in [0.1, 0.15) is 11.1 Å². The lowest BCUT2D eigenvalue weighted by molar-refractivity contribution is 0.990. The molecule has 0 fully saturated rings. The maximum absolute atomic E-state index is 5.32. The number of para-hydroxylation sites is 2. The van der Waals surface area contributed by atoms with E-state index >= 15 is 0 Å². The van der Waals surface area contributed by atoms with E-state index in [-0.39, 0.29) is 0 Å². The van der Waals surface area contributed by atoms with Crippen molar-refractivity contribution in [3.8, 4) is 28.5 Å². The molecule has 168 valence electrons. The lowest BCUT2D eigenvalue weighted by atomic mass is 9.99. The summed E-state index contributed by atoms with van der Waals surface area (Å²) in [5.74, 6) is 0.714. The predicted octanol–water partition coefficient (Wildman–Crippen LogP) is 7.97. The van der Waals surface area contributed by atoms with Crippen LogP contribution in [0.25, 0.3) is 61.0 Å². The van der Waals surface area contributed by atoms with Gasteiger partial charge in [-0.25, -0.2) is 9.97 Å². The number of hydrogen-bond acceptors (Lipinski definition) is 2. The molecule has 2 aromatic heterocycles. The summed E-state index contributed by atoms with van der Waals surface area (Å²) in [7, 11) is 0. The highest BCUT2D eigenvalue weighted by Gasteiger charge is 2.28. The molecule has 2 heterocycles. The van der Waals surface area contributed by atoms with Crippen molar-refractivity contribution in [2.45, 2.75) is 6.42 Å². The summed E-state index contributed by atoms with van der Waals surface area (Å²) in [6.45, 7) is 0. The number of rotatable bonds is 2. The molecule has 7 aromatic rings. The molecule has 3 nitrogen and oxygen atoms in total. The maximum Gasteiger partial charge on any atom is 0.235 e. The summed E-state index contributed by atoms with van der Waals surface area (Å²) in [5.41, 5.74) is 9.39. The van der Waals surface area contributed by atoms with E-state index in [0.29, 0.717) is 5.95 Å². The molecule has 36 heavy (non-hydrogen) atoms. The molecule has 0 spiro atoms. The Bertz CT molecular complexity index is 1970. The monoisotopic (exact) mass is 459 g/mol. The van der Waals surface area contributed by atoms with Gasteiger partial charge in [0.15, 0.2) is 0 Å². The lowest BCUT2D eigenvalue weighted by Crippen LogP contribution is -2.05. The van der Waals surface area contributed by atoms with E-state index in [9.17, 15) is 0 Å². The van der Waals surface area contributed by atoms with Crippen molar-refractivity contribution in [1.82, 2.24) is 14.5 Å². The summed E-state index contributed by atoms with van der Waals surface area (Å²) in [5, 5.41) is 4.74. The summed E-state index contributed by atoms with van der Waals surface area (Å²) in [6, 6.07) is 40.7. The van der Waals surface area contributed by atoms with Gasteiger partial charge in [0.2, 0.25) is 5.95 Å². The summed E-state index contributed by atoms with van der Waals surface area (Å²) >= 11 is 0. The Morgan fingerprint density at radius 2 is 1.25 bits per heavy atom. The molecular formula is C33H21N3. The average molecular weight is 460 g/mol. The van der Waals surface area contributed by atoms with Crippen LogP contribution in [-0.2, 0) is 6.42 Å². The van der Waals surface area contributed by atoms with Gasteiger partial charge in [-0.05, 0) is 34.0 Å². The Labute approximate surface area is 208 Å². The molecule has 5 aromatic carbocycles. The van der Waals surface area contributed by atoms with Crippen LogP contribution in [-0.4, -0.2) is 14.5 Å². The normalized spacial score (nSPS) is 12.3. The van der Waals surface area contributed by atoms with Crippen LogP contribution in [0.4, 0.5) is 0 Å². The zero-order valence-electron chi connectivity index (χ0n) is 19.5. The van der Waals surface area contributed by atoms with Crippen LogP contribution in [0.2, 0.25) is 0 Å². The molecule has 0 saturated carbocycles. The minimum absolute atomic E-state index is 0.714. The molecule has 0 bridgehead atoms. The van der Waals surface area contributed by atoms with Crippen molar-refractivity contribution in [2.24, 2.45) is 0 Å². The summed E-state index contributed by atoms with van der Waals surface area (Å²) in [4.78, 5) is 10.5. The average Bonchev–Trinajstić information content (AvgIpc) is 3.47. The third-order valence-electron chi connectivity index (χ3n) is 7.46. The van der Waals surface area contributed by atoms with Crippen molar-refractivity contribution >= 4 is 32.6 Å². The fraction of sp³-hybridized carbons (Fsp3) is 0.0303. The molecule has 0 unspecified atom stereocenters. The van der Waals surface area contributed by atoms with E-state index in [2.05, 4.69) is 120 Å². The van der Waals surface area contributed by atoms with Gasteiger partial charge in [-0.3, -0.25) is 4.57 Å². The summed E-state index contributed by atoms with van der Waals surface area (Å²) < 4.78 is 2.28. The van der Waals surface area contributed by atoms with E-state index < -0.39 is 0 Å². The Balaban J connectivity index is 1.50. The first kappa shape index (κ1) is 19.5. The first-order valence-corrected chi connectivity index (χ1v) is 12.3. The van der Waals surface area contributed by atoms with Gasteiger partial charge >= 0.3 is 0 Å². The van der Waals surface area contributed by atoms with E-state index in [1.54, 1.807) is 0 Å². The van der Waals surface area contributed by atoms with Gasteiger partial charge in [0, 0.05) is 28.3 Å². The SMILES string of the molecule is c1ccc2c(c1)Cc1c-2n(-c2nc(-c3cccc4ccccc34)c3ccccc3n2)c2ccccc12. The molecule has 3 heteroatoms. The second kappa shape index (κ2) is 7.37. The number of hydrogen-bond donors (Lipinski definition) is 0. The van der Waals surface area contributed by atoms with Crippen molar-refractivity contribution in [1.29, 1.82) is 0 Å². The standard InChI is InChI=1S/C33H21N3/c1-3-13-23-21(10-1)12-9-17-26(23)31-27-16-5-7-18-29(27)34-33(35-31)36-30-19-8-6-15-25(30)28-20-22-11-2-4-14-24(22)32(28)36/h1-19H,20H2. The van der Waals surface area contributed by atoms with Crippen LogP contribution < -0.4 is 0 Å². The van der Waals surface area contributed by atoms with Gasteiger partial charge in [-0.15, -0.1) is 0 Å². The first-order valence-electron chi connectivity index (χ1n) is 12.3. The molecule has 8 rings (SSSR count). The largest absolute Gasteiger partial charge is 0.278 e. The van der Waals surface area contributed by atoms with Crippen molar-refractivity contribution in [3.05, 3.63) is 126 Å². The Morgan fingerprint density at radius 1 is 0.556 bits per heavy atom. The number of nitrogens with zero attached hydrogens (tertiary/aromatic N) is 3. The van der Waals surface area contributed by atoms with E-state index in [1.807, 2.05) is 0 Å². The van der Waals surface area contributed by atoms with Crippen molar-refractivity contribution in [2.75, 3.05) is 0 Å². The molecule has 0 saturated heterocycles. The topological polar surface area (TPSA) is 30.7 Å². The molecule has 0 radical (unpaired) electrons. The number of benzene rings is 5. The van der Waals surface area contributed by atoms with Crippen LogP contribution in [0.15, 0.2) is 115 Å². The van der Waals surface area contributed by atoms with Crippen LogP contribution in [0, 0.1) is 0 Å². The lowest BCUT2D eigenvalue weighted by Gasteiger charge is -2.14. The minimum Gasteiger partial charge on any atom is -0.278 e. The molecule has 1 aliphatic rings. The van der Waals surface area contributed by atoms with Crippen LogP contribution >= 0.6 is 0 Å². The second-order valence-electron chi connectivity index (χ2n) is 9.43. The van der Waals surface area contributed by atoms with E-state index in [1.165, 1.54) is 38.5 Å². The highest BCUT2D eigenvalue weighted by atomic mass is 15.2. The quantitative estimate of drug-likeness (QED) is 0.262. The first-order chi connectivity index (χ1) is 17.9. The Hall–Kier alpha value is -4.76. The summed E-state index contributed by atoms with van der Waals surface area (Å²) in [6.07, 6.45) is 0.933. The number of fused-ring (bicyclic) bond motifs is 7. The molecule has 0 N–H and O–H groups in total. The van der Waals surface area contributed by atoms with Crippen molar-refractivity contribution < 1.29 is 0 Å². The predicted molar refractivity (Wildman–Crippen MR) is 148 cm³/mol. The van der Waals surface area contributed by atoms with E-state index in [4.69, 9.17) is 9.97 Å². The Kier molecular flexibility index (Phi) is 4.00. The van der Waals surface area contributed by atoms with Gasteiger partial charge in [-0.1, -0.05) is 103 Å². The van der Waals surface area contributed by atoms with Crippen molar-refractivity contribution in [3.63, 3.8) is 0 Å². The van der Waals surface area contributed by atoms with Gasteiger partial charge < -0.3 is 0 Å². The maximum atomic E-state index is 5.32. The highest BCUT2D eigenvalue weighted by Crippen LogP contribution is 2.44. The number of aromatic nitrogens is 3. The van der Waals surface area contributed by atoms with Gasteiger partial charge in [0.25, 0.3) is 0 Å². The zero-order chi connectivity index (χ0) is 23.6. The second-order valence-corrected chi connectivity index (χ2v) is 9.43. The van der Waals surface area contributed by atoms with Gasteiger partial charge in [0.05, 0.1) is 22.4 Å². The molecular weight excluding hydrogens is 438 g/mol. The van der Waals surface area contributed by atoms with Crippen LogP contribution in [0.5, 0.6) is 0 Å². The zero-order valence-corrected chi connectivity index (χ0v) is 19.5. The fourth-order valence-corrected chi connectivity index (χ4v) is 5.87. The third-order valence-corrected chi connectivity index (χ3v) is 7.46. The van der Waals surface area contributed by atoms with Crippen LogP contribution in [0.3, 0.4) is 0 Å². The molecule has 0 aliphatic heterocycles. The fourth-order valence-electron chi connectivity index (χ4n) is 5.87. The highest BCUT2D eigenvalue weighted by molar-refractivity contribution is 6.04. The third kappa shape index (κ3) is 2.68. The van der Waals surface area contributed by atoms with Gasteiger partial charge in [0.1, 0.15) is 0 Å². The van der Waals surface area contributed by atoms with E-state index in [0.717, 1.165) is 34.1 Å². The molecule has 0 amide bonds. The molecule has 1 aliphatic carbocycles. The van der Waals surface area contributed by atoms with Gasteiger partial charge in [-0.2, -0.15) is 0 Å².